The van der Waals surface area contributed by atoms with Crippen molar-refractivity contribution in [3.8, 4) is 24.0 Å². The standard InChI is InChI=1S/C2H2OSi2.C2H4Si.CH5N.CH2OSi.2CH4/c1-4-3-5-2;1-3-2;1-2;1-3-2;;/h1-2H;1H,2H3;2H2,1H3;1-2H;2*1H4. The highest BCUT2D eigenvalue weighted by atomic mass is 28.3. The van der Waals surface area contributed by atoms with E-state index >= 15 is 0 Å². The molecule has 15 heavy (non-hydrogen) atoms. The van der Waals surface area contributed by atoms with E-state index < -0.39 is 9.20 Å². The van der Waals surface area contributed by atoms with Gasteiger partial charge in [0.05, 0.1) is 0 Å². The Morgan fingerprint density at radius 1 is 1.00 bits per heavy atom. The molecule has 0 saturated heterocycles. The molecule has 0 aromatic heterocycles. The third-order valence-electron chi connectivity index (χ3n) is 0.118. The monoisotopic (exact) mass is 275 g/mol. The van der Waals surface area contributed by atoms with Gasteiger partial charge in [0.25, 0.3) is 0 Å². The number of nitrogens with two attached hydrogens (primary N) is 1. The summed E-state index contributed by atoms with van der Waals surface area (Å²) in [6, 6.07) is 19.0. The number of rotatable bonds is 0. The van der Waals surface area contributed by atoms with Crippen molar-refractivity contribution in [3.05, 3.63) is 0 Å². The predicted molar refractivity (Wildman–Crippen MR) is 75.5 cm³/mol. The van der Waals surface area contributed by atoms with Crippen LogP contribution in [-0.2, 0) is 4.12 Å². The van der Waals surface area contributed by atoms with Gasteiger partial charge in [-0.05, 0) is 22.6 Å². The molecule has 0 bridgehead atoms. The molecule has 0 unspecified atom stereocenters. The first-order chi connectivity index (χ1) is 6.24. The zero-order chi connectivity index (χ0) is 11.5. The maximum Gasteiger partial charge on any atom is 0.240 e. The van der Waals surface area contributed by atoms with Crippen molar-refractivity contribution in [3.63, 3.8) is 0 Å². The van der Waals surface area contributed by atoms with Crippen molar-refractivity contribution in [2.45, 2.75) is 21.4 Å². The smallest absolute Gasteiger partial charge is 0.240 e. The van der Waals surface area contributed by atoms with Crippen LogP contribution in [0.5, 0.6) is 0 Å². The molecule has 0 aliphatic carbocycles. The summed E-state index contributed by atoms with van der Waals surface area (Å²) in [7, 11) is 1.76. The van der Waals surface area contributed by atoms with Crippen LogP contribution in [0.15, 0.2) is 0 Å². The van der Waals surface area contributed by atoms with Gasteiger partial charge in [-0.15, -0.1) is 18.0 Å². The molecule has 0 amide bonds. The van der Waals surface area contributed by atoms with E-state index in [0.29, 0.717) is 8.96 Å². The molecule has 0 radical (unpaired) electrons. The second kappa shape index (κ2) is 103. The summed E-state index contributed by atoms with van der Waals surface area (Å²) < 4.78 is 4.44. The van der Waals surface area contributed by atoms with Crippen molar-refractivity contribution in [1.29, 1.82) is 0 Å². The number of hydrogen-bond acceptors (Lipinski definition) is 3. The van der Waals surface area contributed by atoms with Crippen molar-refractivity contribution < 1.29 is 8.91 Å². The van der Waals surface area contributed by atoms with E-state index in [0.717, 1.165) is 0 Å². The van der Waals surface area contributed by atoms with Crippen molar-refractivity contribution >= 4 is 36.6 Å². The molecule has 0 saturated carbocycles. The highest BCUT2D eigenvalue weighted by Crippen LogP contribution is 1.32. The summed E-state index contributed by atoms with van der Waals surface area (Å²) in [5, 5.41) is 0. The molecule has 0 atom stereocenters. The Hall–Kier alpha value is -0.452. The van der Waals surface area contributed by atoms with Crippen molar-refractivity contribution in [1.82, 2.24) is 0 Å². The lowest BCUT2D eigenvalue weighted by atomic mass is 11.6. The molecular weight excluding hydrogens is 254 g/mol. The lowest BCUT2D eigenvalue weighted by molar-refractivity contribution is 0.625. The van der Waals surface area contributed by atoms with E-state index in [1.807, 2.05) is 6.55 Å². The maximum atomic E-state index is 7.38. The third kappa shape index (κ3) is 754. The van der Waals surface area contributed by atoms with E-state index in [9.17, 15) is 0 Å². The minimum atomic E-state index is -0.417. The molecule has 86 valence electrons. The summed E-state index contributed by atoms with van der Waals surface area (Å²) in [5.74, 6) is 0. The Kier molecular flexibility index (Phi) is 251. The van der Waals surface area contributed by atoms with E-state index in [-0.39, 0.29) is 33.3 Å². The second-order valence-corrected chi connectivity index (χ2v) is 2.88. The highest BCUT2D eigenvalue weighted by molar-refractivity contribution is 6.28. The van der Waals surface area contributed by atoms with Crippen LogP contribution in [-0.4, -0.2) is 48.4 Å². The quantitative estimate of drug-likeness (QED) is 0.601. The Bertz CT molecular complexity index is 195. The average Bonchev–Trinajstić information content (AvgIpc) is 2.12. The van der Waals surface area contributed by atoms with Crippen LogP contribution in [0.2, 0.25) is 6.55 Å². The molecular formula is C8H21NO2Si4. The fraction of sp³-hybridized carbons (Fsp3) is 0.500. The van der Waals surface area contributed by atoms with Gasteiger partial charge in [0.2, 0.25) is 27.6 Å². The first kappa shape index (κ1) is 36.5. The molecule has 0 aliphatic heterocycles. The van der Waals surface area contributed by atoms with Gasteiger partial charge < -0.3 is 14.6 Å². The predicted octanol–water partition coefficient (Wildman–Crippen LogP) is -0.219. The highest BCUT2D eigenvalue weighted by Gasteiger charge is 1.47. The lowest BCUT2D eigenvalue weighted by Gasteiger charge is -1.66. The minimum absolute atomic E-state index is 0. The lowest BCUT2D eigenvalue weighted by Crippen LogP contribution is -1.76. The fourth-order valence-electron chi connectivity index (χ4n) is 0.0340. The van der Waals surface area contributed by atoms with Gasteiger partial charge in [0.15, 0.2) is 0 Å². The van der Waals surface area contributed by atoms with Gasteiger partial charge >= 0.3 is 0 Å². The minimum Gasteiger partial charge on any atom is -0.521 e. The molecule has 3 nitrogen and oxygen atoms in total. The van der Waals surface area contributed by atoms with Crippen molar-refractivity contribution in [2.24, 2.45) is 5.73 Å². The average molecular weight is 276 g/mol. The summed E-state index contributed by atoms with van der Waals surface area (Å²) in [6.07, 6.45) is 0. The molecule has 3 N–H and O–H groups in total. The summed E-state index contributed by atoms with van der Waals surface area (Å²) in [4.78, 5) is 7.38. The summed E-state index contributed by atoms with van der Waals surface area (Å²) in [6.45, 7) is 1.93. The van der Waals surface area contributed by atoms with Gasteiger partial charge in [-0.25, -0.2) is 0 Å². The maximum absolute atomic E-state index is 7.38. The second-order valence-electron chi connectivity index (χ2n) is 0.756. The van der Waals surface area contributed by atoms with E-state index in [1.54, 1.807) is 0 Å². The van der Waals surface area contributed by atoms with Gasteiger partial charge in [0, 0.05) is 0 Å². The summed E-state index contributed by atoms with van der Waals surface area (Å²) in [5.41, 5.74) is 4.50. The van der Waals surface area contributed by atoms with Crippen LogP contribution in [0, 0.1) is 24.0 Å². The molecule has 0 aliphatic rings. The Balaban J connectivity index is -0.0000000182. The molecule has 0 aromatic carbocycles. The van der Waals surface area contributed by atoms with Gasteiger partial charge in [-0.1, -0.05) is 14.9 Å². The van der Waals surface area contributed by atoms with Gasteiger partial charge in [-0.2, -0.15) is 6.00 Å². The van der Waals surface area contributed by atoms with Crippen molar-refractivity contribution in [2.75, 3.05) is 7.05 Å². The first-order valence-electron chi connectivity index (χ1n) is 2.86. The topological polar surface area (TPSA) is 55.5 Å². The van der Waals surface area contributed by atoms with Crippen LogP contribution >= 0.6 is 0 Å². The Morgan fingerprint density at radius 3 is 1.13 bits per heavy atom. The molecule has 0 fully saturated rings. The van der Waals surface area contributed by atoms with Crippen LogP contribution in [0.3, 0.4) is 0 Å². The van der Waals surface area contributed by atoms with Crippen LogP contribution in [0.4, 0.5) is 0 Å². The number of hydrogen-bond donors (Lipinski definition) is 2. The van der Waals surface area contributed by atoms with E-state index in [1.165, 1.54) is 7.05 Å². The Labute approximate surface area is 104 Å². The van der Waals surface area contributed by atoms with Crippen LogP contribution in [0.25, 0.3) is 0 Å². The zero-order valence-electron chi connectivity index (χ0n) is 7.74. The zero-order valence-corrected chi connectivity index (χ0v) is 11.7. The SMILES string of the molecule is C.C.C#[Si]C.C#[Si]O.C#[Si]O[Si]#C.CN. The normalized spacial score (nSPS) is 2.60. The molecule has 0 rings (SSSR count). The molecule has 0 spiro atoms. The summed E-state index contributed by atoms with van der Waals surface area (Å²) >= 11 is 0. The Morgan fingerprint density at radius 2 is 1.13 bits per heavy atom. The molecule has 0 aromatic rings. The molecule has 0 heterocycles. The fourth-order valence-corrected chi connectivity index (χ4v) is 0.306. The third-order valence-corrected chi connectivity index (χ3v) is 1.06. The molecule has 7 heteroatoms. The van der Waals surface area contributed by atoms with Crippen LogP contribution in [0.1, 0.15) is 14.9 Å². The van der Waals surface area contributed by atoms with Gasteiger partial charge in [-0.3, -0.25) is 0 Å². The largest absolute Gasteiger partial charge is 0.521 e. The first-order valence-corrected chi connectivity index (χ1v) is 7.44. The van der Waals surface area contributed by atoms with Gasteiger partial charge in [0.1, 0.15) is 0 Å². The van der Waals surface area contributed by atoms with E-state index in [2.05, 4.69) is 15.8 Å². The van der Waals surface area contributed by atoms with E-state index in [4.69, 9.17) is 22.8 Å². The van der Waals surface area contributed by atoms with Crippen LogP contribution < -0.4 is 5.73 Å².